The molecule has 0 rings (SSSR count). The van der Waals surface area contributed by atoms with E-state index in [0.717, 1.165) is 5.06 Å². The highest BCUT2D eigenvalue weighted by Crippen LogP contribution is 1.98. The molecule has 0 spiro atoms. The lowest BCUT2D eigenvalue weighted by Gasteiger charge is -2.18. The van der Waals surface area contributed by atoms with Gasteiger partial charge in [-0.25, -0.2) is 4.79 Å². The van der Waals surface area contributed by atoms with Crippen LogP contribution in [0.15, 0.2) is 0 Å². The number of amides is 1. The Kier molecular flexibility index (Phi) is 7.14. The number of carbonyl (C=O) groups excluding carboxylic acids is 2. The standard InChI is InChI=1S/C8H14ClNO4/c1-2-3-8(13)14-10(4-5-11)7(12)6-9/h11H,2-6H2,1H3. The van der Waals surface area contributed by atoms with Gasteiger partial charge in [0.05, 0.1) is 13.2 Å². The fourth-order valence-electron chi connectivity index (χ4n) is 0.751. The van der Waals surface area contributed by atoms with E-state index in [-0.39, 0.29) is 25.5 Å². The molecule has 0 atom stereocenters. The molecule has 0 heterocycles. The Morgan fingerprint density at radius 3 is 2.57 bits per heavy atom. The fraction of sp³-hybridized carbons (Fsp3) is 0.750. The van der Waals surface area contributed by atoms with Gasteiger partial charge in [-0.2, -0.15) is 5.06 Å². The molecule has 0 aromatic heterocycles. The summed E-state index contributed by atoms with van der Waals surface area (Å²) in [7, 11) is 0. The molecule has 0 aliphatic heterocycles. The molecule has 1 N–H and O–H groups in total. The predicted molar refractivity (Wildman–Crippen MR) is 50.5 cm³/mol. The molecule has 14 heavy (non-hydrogen) atoms. The molecule has 0 aliphatic rings. The Balaban J connectivity index is 4.08. The average Bonchev–Trinajstić information content (AvgIpc) is 2.16. The van der Waals surface area contributed by atoms with Crippen molar-refractivity contribution in [3.05, 3.63) is 0 Å². The lowest BCUT2D eigenvalue weighted by atomic mass is 10.3. The van der Waals surface area contributed by atoms with Crippen LogP contribution in [0, 0.1) is 0 Å². The van der Waals surface area contributed by atoms with E-state index in [2.05, 4.69) is 4.84 Å². The minimum absolute atomic E-state index is 0.0546. The molecule has 0 aliphatic carbocycles. The maximum atomic E-state index is 11.0. The predicted octanol–water partition coefficient (Wildman–Crippen LogP) is 0.304. The van der Waals surface area contributed by atoms with Crippen LogP contribution in [0.3, 0.4) is 0 Å². The molecular formula is C8H14ClNO4. The lowest BCUT2D eigenvalue weighted by Crippen LogP contribution is -2.36. The summed E-state index contributed by atoms with van der Waals surface area (Å²) in [6.45, 7) is 1.49. The monoisotopic (exact) mass is 223 g/mol. The molecule has 1 amide bonds. The minimum Gasteiger partial charge on any atom is -0.394 e. The normalized spacial score (nSPS) is 9.64. The molecule has 6 heteroatoms. The molecule has 0 unspecified atom stereocenters. The second-order valence-electron chi connectivity index (χ2n) is 2.57. The van der Waals surface area contributed by atoms with Crippen LogP contribution in [0.5, 0.6) is 0 Å². The highest BCUT2D eigenvalue weighted by molar-refractivity contribution is 6.27. The lowest BCUT2D eigenvalue weighted by molar-refractivity contribution is -0.198. The summed E-state index contributed by atoms with van der Waals surface area (Å²) in [5.41, 5.74) is 0. The van der Waals surface area contributed by atoms with Crippen LogP contribution in [0.4, 0.5) is 0 Å². The quantitative estimate of drug-likeness (QED) is 0.538. The minimum atomic E-state index is -0.537. The zero-order valence-corrected chi connectivity index (χ0v) is 8.79. The topological polar surface area (TPSA) is 66.8 Å². The Labute approximate surface area is 87.5 Å². The highest BCUT2D eigenvalue weighted by Gasteiger charge is 2.16. The number of alkyl halides is 1. The van der Waals surface area contributed by atoms with Crippen molar-refractivity contribution >= 4 is 23.5 Å². The largest absolute Gasteiger partial charge is 0.394 e. The summed E-state index contributed by atoms with van der Waals surface area (Å²) < 4.78 is 0. The zero-order chi connectivity index (χ0) is 11.0. The summed E-state index contributed by atoms with van der Waals surface area (Å²) in [6.07, 6.45) is 0.873. The smallest absolute Gasteiger partial charge is 0.332 e. The zero-order valence-electron chi connectivity index (χ0n) is 8.03. The van der Waals surface area contributed by atoms with E-state index in [4.69, 9.17) is 16.7 Å². The van der Waals surface area contributed by atoms with Gasteiger partial charge in [0.25, 0.3) is 5.91 Å². The van der Waals surface area contributed by atoms with E-state index < -0.39 is 11.9 Å². The van der Waals surface area contributed by atoms with Crippen molar-refractivity contribution < 1.29 is 19.5 Å². The molecular weight excluding hydrogens is 210 g/mol. The Hall–Kier alpha value is -0.810. The summed E-state index contributed by atoms with van der Waals surface area (Å²) >= 11 is 5.28. The molecule has 0 saturated heterocycles. The Bertz CT molecular complexity index is 198. The molecule has 0 radical (unpaired) electrons. The molecule has 82 valence electrons. The summed E-state index contributed by atoms with van der Waals surface area (Å²) in [5.74, 6) is -1.32. The van der Waals surface area contributed by atoms with Crippen molar-refractivity contribution in [2.24, 2.45) is 0 Å². The number of aliphatic hydroxyl groups is 1. The van der Waals surface area contributed by atoms with Crippen LogP contribution < -0.4 is 0 Å². The number of halogens is 1. The maximum absolute atomic E-state index is 11.0. The van der Waals surface area contributed by atoms with Gasteiger partial charge in [-0.3, -0.25) is 4.79 Å². The van der Waals surface area contributed by atoms with Crippen molar-refractivity contribution in [2.45, 2.75) is 19.8 Å². The van der Waals surface area contributed by atoms with Crippen molar-refractivity contribution in [1.29, 1.82) is 0 Å². The van der Waals surface area contributed by atoms with Gasteiger partial charge >= 0.3 is 5.97 Å². The van der Waals surface area contributed by atoms with E-state index in [0.29, 0.717) is 6.42 Å². The van der Waals surface area contributed by atoms with Gasteiger partial charge in [-0.15, -0.1) is 11.6 Å². The van der Waals surface area contributed by atoms with E-state index >= 15 is 0 Å². The summed E-state index contributed by atoms with van der Waals surface area (Å²) in [4.78, 5) is 26.7. The van der Waals surface area contributed by atoms with E-state index in [1.807, 2.05) is 6.92 Å². The number of nitrogens with zero attached hydrogens (tertiary/aromatic N) is 1. The number of hydroxylamine groups is 2. The Morgan fingerprint density at radius 1 is 1.50 bits per heavy atom. The van der Waals surface area contributed by atoms with E-state index in [9.17, 15) is 9.59 Å². The average molecular weight is 224 g/mol. The molecule has 0 fully saturated rings. The van der Waals surface area contributed by atoms with E-state index in [1.54, 1.807) is 0 Å². The fourth-order valence-corrected chi connectivity index (χ4v) is 0.885. The van der Waals surface area contributed by atoms with Gasteiger partial charge < -0.3 is 9.94 Å². The van der Waals surface area contributed by atoms with Crippen LogP contribution in [-0.4, -0.2) is 41.1 Å². The van der Waals surface area contributed by atoms with Crippen LogP contribution in [-0.2, 0) is 14.4 Å². The van der Waals surface area contributed by atoms with Crippen LogP contribution in [0.1, 0.15) is 19.8 Å². The maximum Gasteiger partial charge on any atom is 0.332 e. The van der Waals surface area contributed by atoms with Crippen LogP contribution in [0.25, 0.3) is 0 Å². The van der Waals surface area contributed by atoms with Gasteiger partial charge in [-0.05, 0) is 6.42 Å². The summed E-state index contributed by atoms with van der Waals surface area (Å²) in [6, 6.07) is 0. The van der Waals surface area contributed by atoms with Gasteiger partial charge in [0.2, 0.25) is 0 Å². The summed E-state index contributed by atoms with van der Waals surface area (Å²) in [5, 5.41) is 9.38. The third kappa shape index (κ3) is 5.04. The first-order chi connectivity index (χ1) is 6.65. The van der Waals surface area contributed by atoms with Gasteiger partial charge in [0.1, 0.15) is 5.88 Å². The number of aliphatic hydroxyl groups excluding tert-OH is 1. The number of carbonyl (C=O) groups is 2. The second kappa shape index (κ2) is 7.58. The number of hydrogen-bond donors (Lipinski definition) is 1. The van der Waals surface area contributed by atoms with Crippen molar-refractivity contribution in [3.63, 3.8) is 0 Å². The first-order valence-corrected chi connectivity index (χ1v) is 4.87. The van der Waals surface area contributed by atoms with Crippen molar-refractivity contribution in [2.75, 3.05) is 19.0 Å². The first kappa shape index (κ1) is 13.2. The van der Waals surface area contributed by atoms with Gasteiger partial charge in [0.15, 0.2) is 0 Å². The van der Waals surface area contributed by atoms with Gasteiger partial charge in [-0.1, -0.05) is 6.92 Å². The van der Waals surface area contributed by atoms with Crippen molar-refractivity contribution in [3.8, 4) is 0 Å². The first-order valence-electron chi connectivity index (χ1n) is 4.33. The van der Waals surface area contributed by atoms with E-state index in [1.165, 1.54) is 0 Å². The molecule has 0 saturated carbocycles. The van der Waals surface area contributed by atoms with Crippen molar-refractivity contribution in [1.82, 2.24) is 5.06 Å². The molecule has 0 aromatic carbocycles. The SMILES string of the molecule is CCCC(=O)ON(CCO)C(=O)CCl. The van der Waals surface area contributed by atoms with Gasteiger partial charge in [0, 0.05) is 6.42 Å². The second-order valence-corrected chi connectivity index (χ2v) is 2.83. The van der Waals surface area contributed by atoms with Crippen LogP contribution >= 0.6 is 11.6 Å². The number of rotatable bonds is 5. The Morgan fingerprint density at radius 2 is 2.14 bits per heavy atom. The molecule has 0 aromatic rings. The molecule has 5 nitrogen and oxygen atoms in total. The molecule has 0 bridgehead atoms. The van der Waals surface area contributed by atoms with Crippen LogP contribution in [0.2, 0.25) is 0 Å². The third-order valence-electron chi connectivity index (χ3n) is 1.36. The highest BCUT2D eigenvalue weighted by atomic mass is 35.5. The number of hydrogen-bond acceptors (Lipinski definition) is 4. The third-order valence-corrected chi connectivity index (χ3v) is 1.59.